The van der Waals surface area contributed by atoms with Gasteiger partial charge in [-0.15, -0.1) is 0 Å². The number of hydrogen-bond donors (Lipinski definition) is 0. The lowest BCUT2D eigenvalue weighted by Gasteiger charge is -2.14. The van der Waals surface area contributed by atoms with Gasteiger partial charge in [-0.1, -0.05) is 54.6 Å². The van der Waals surface area contributed by atoms with E-state index < -0.39 is 0 Å². The molecule has 0 N–H and O–H groups in total. The molecule has 0 aliphatic carbocycles. The summed E-state index contributed by atoms with van der Waals surface area (Å²) < 4.78 is 14.6. The van der Waals surface area contributed by atoms with Crippen molar-refractivity contribution in [2.24, 2.45) is 0 Å². The van der Waals surface area contributed by atoms with Crippen LogP contribution in [0.5, 0.6) is 0 Å². The number of nitrogens with zero attached hydrogens (tertiary/aromatic N) is 1. The Kier molecular flexibility index (Phi) is 5.89. The summed E-state index contributed by atoms with van der Waals surface area (Å²) in [7, 11) is 4.05. The van der Waals surface area contributed by atoms with Crippen LogP contribution in [0.2, 0.25) is 0 Å². The fraction of sp³-hybridized carbons (Fsp3) is 0.130. The first-order valence-electron chi connectivity index (χ1n) is 8.52. The van der Waals surface area contributed by atoms with Gasteiger partial charge < -0.3 is 4.90 Å². The summed E-state index contributed by atoms with van der Waals surface area (Å²) in [5, 5.41) is 0. The zero-order chi connectivity index (χ0) is 18.5. The molecule has 0 radical (unpaired) electrons. The van der Waals surface area contributed by atoms with Crippen LogP contribution < -0.4 is 4.90 Å². The summed E-state index contributed by atoms with van der Waals surface area (Å²) in [5.74, 6) is -0.210. The first-order valence-corrected chi connectivity index (χ1v) is 9.31. The van der Waals surface area contributed by atoms with Crippen LogP contribution in [0.4, 0.5) is 10.1 Å². The molecular formula is C23H21BrFN. The smallest absolute Gasteiger partial charge is 0.123 e. The third kappa shape index (κ3) is 4.41. The van der Waals surface area contributed by atoms with Crippen molar-refractivity contribution in [1.29, 1.82) is 0 Å². The second-order valence-corrected chi connectivity index (χ2v) is 7.23. The largest absolute Gasteiger partial charge is 0.377 e. The standard InChI is InChI=1S/C23H21BrFN/c1-26(2)23-14-13-17(15-22(23)24)7-5-9-18-8-3-4-12-21(18)19-10-6-11-20(25)16-19/h3-8,10-16H,9H2,1-2H3/b7-5+. The van der Waals surface area contributed by atoms with Gasteiger partial charge in [0.1, 0.15) is 5.82 Å². The van der Waals surface area contributed by atoms with Gasteiger partial charge in [0.05, 0.1) is 5.69 Å². The Hall–Kier alpha value is -2.39. The molecule has 0 atom stereocenters. The number of anilines is 1. The van der Waals surface area contributed by atoms with Crippen molar-refractivity contribution in [3.8, 4) is 11.1 Å². The Morgan fingerprint density at radius 2 is 1.77 bits per heavy atom. The molecule has 0 aromatic heterocycles. The quantitative estimate of drug-likeness (QED) is 0.459. The van der Waals surface area contributed by atoms with E-state index in [1.165, 1.54) is 11.6 Å². The van der Waals surface area contributed by atoms with Gasteiger partial charge in [0.15, 0.2) is 0 Å². The molecule has 0 heterocycles. The molecule has 0 saturated heterocycles. The van der Waals surface area contributed by atoms with Crippen LogP contribution in [-0.4, -0.2) is 14.1 Å². The minimum atomic E-state index is -0.210. The fourth-order valence-electron chi connectivity index (χ4n) is 2.95. The van der Waals surface area contributed by atoms with Gasteiger partial charge in [0.25, 0.3) is 0 Å². The maximum atomic E-state index is 13.6. The number of rotatable bonds is 5. The molecule has 3 heteroatoms. The van der Waals surface area contributed by atoms with Gasteiger partial charge >= 0.3 is 0 Å². The summed E-state index contributed by atoms with van der Waals surface area (Å²) in [6, 6.07) is 21.2. The van der Waals surface area contributed by atoms with Crippen LogP contribution in [0.15, 0.2) is 77.3 Å². The monoisotopic (exact) mass is 409 g/mol. The average molecular weight is 410 g/mol. The molecule has 0 amide bonds. The highest BCUT2D eigenvalue weighted by Crippen LogP contribution is 2.27. The molecule has 0 aliphatic rings. The summed E-state index contributed by atoms with van der Waals surface area (Å²) >= 11 is 3.62. The maximum absolute atomic E-state index is 13.6. The maximum Gasteiger partial charge on any atom is 0.123 e. The highest BCUT2D eigenvalue weighted by molar-refractivity contribution is 9.10. The zero-order valence-electron chi connectivity index (χ0n) is 14.9. The highest BCUT2D eigenvalue weighted by Gasteiger charge is 2.05. The second-order valence-electron chi connectivity index (χ2n) is 6.38. The van der Waals surface area contributed by atoms with Crippen LogP contribution in [0, 0.1) is 5.82 Å². The first kappa shape index (κ1) is 18.4. The molecule has 3 aromatic rings. The van der Waals surface area contributed by atoms with Gasteiger partial charge in [-0.3, -0.25) is 0 Å². The Labute approximate surface area is 162 Å². The third-order valence-electron chi connectivity index (χ3n) is 4.25. The minimum absolute atomic E-state index is 0.210. The van der Waals surface area contributed by atoms with Gasteiger partial charge in [0.2, 0.25) is 0 Å². The molecule has 3 aromatic carbocycles. The molecule has 26 heavy (non-hydrogen) atoms. The van der Waals surface area contributed by atoms with E-state index in [2.05, 4.69) is 57.2 Å². The van der Waals surface area contributed by atoms with Gasteiger partial charge in [-0.2, -0.15) is 0 Å². The third-order valence-corrected chi connectivity index (χ3v) is 4.89. The van der Waals surface area contributed by atoms with Gasteiger partial charge in [-0.25, -0.2) is 4.39 Å². The van der Waals surface area contributed by atoms with Crippen molar-refractivity contribution in [2.45, 2.75) is 6.42 Å². The molecule has 1 nitrogen and oxygen atoms in total. The summed E-state index contributed by atoms with van der Waals surface area (Å²) in [6.07, 6.45) is 5.06. The molecular weight excluding hydrogens is 389 g/mol. The van der Waals surface area contributed by atoms with Crippen molar-refractivity contribution < 1.29 is 4.39 Å². The molecule has 3 rings (SSSR count). The van der Waals surface area contributed by atoms with Crippen LogP contribution in [0.1, 0.15) is 11.1 Å². The number of allylic oxidation sites excluding steroid dienone is 1. The minimum Gasteiger partial charge on any atom is -0.377 e. The lowest BCUT2D eigenvalue weighted by molar-refractivity contribution is 0.628. The van der Waals surface area contributed by atoms with E-state index in [1.807, 2.05) is 38.4 Å². The molecule has 0 unspecified atom stereocenters. The van der Waals surface area contributed by atoms with Crippen molar-refractivity contribution in [2.75, 3.05) is 19.0 Å². The van der Waals surface area contributed by atoms with E-state index in [1.54, 1.807) is 12.1 Å². The van der Waals surface area contributed by atoms with Gasteiger partial charge in [0, 0.05) is 18.6 Å². The number of halogens is 2. The van der Waals surface area contributed by atoms with Gasteiger partial charge in [-0.05, 0) is 68.9 Å². The lowest BCUT2D eigenvalue weighted by Crippen LogP contribution is -2.09. The molecule has 0 fully saturated rings. The van der Waals surface area contributed by atoms with E-state index in [0.29, 0.717) is 0 Å². The summed E-state index contributed by atoms with van der Waals surface area (Å²) in [6.45, 7) is 0. The van der Waals surface area contributed by atoms with Crippen LogP contribution in [-0.2, 0) is 6.42 Å². The van der Waals surface area contributed by atoms with E-state index in [9.17, 15) is 4.39 Å². The number of hydrogen-bond acceptors (Lipinski definition) is 1. The Morgan fingerprint density at radius 1 is 0.962 bits per heavy atom. The van der Waals surface area contributed by atoms with Crippen molar-refractivity contribution in [3.05, 3.63) is 94.2 Å². The molecule has 0 spiro atoms. The summed E-state index contributed by atoms with van der Waals surface area (Å²) in [5.41, 5.74) is 5.45. The Morgan fingerprint density at radius 3 is 2.50 bits per heavy atom. The van der Waals surface area contributed by atoms with E-state index in [-0.39, 0.29) is 5.82 Å². The molecule has 0 aliphatic heterocycles. The zero-order valence-corrected chi connectivity index (χ0v) is 16.5. The lowest BCUT2D eigenvalue weighted by atomic mass is 9.97. The van der Waals surface area contributed by atoms with Crippen molar-refractivity contribution in [1.82, 2.24) is 0 Å². The van der Waals surface area contributed by atoms with Crippen LogP contribution in [0.3, 0.4) is 0 Å². The first-order chi connectivity index (χ1) is 12.5. The molecule has 0 saturated carbocycles. The van der Waals surface area contributed by atoms with E-state index in [0.717, 1.165) is 33.3 Å². The van der Waals surface area contributed by atoms with Crippen LogP contribution >= 0.6 is 15.9 Å². The average Bonchev–Trinajstić information content (AvgIpc) is 2.62. The molecule has 0 bridgehead atoms. The van der Waals surface area contributed by atoms with Crippen molar-refractivity contribution >= 4 is 27.7 Å². The van der Waals surface area contributed by atoms with E-state index >= 15 is 0 Å². The Balaban J connectivity index is 1.80. The Bertz CT molecular complexity index is 931. The molecule has 132 valence electrons. The summed E-state index contributed by atoms with van der Waals surface area (Å²) in [4.78, 5) is 2.08. The number of benzene rings is 3. The topological polar surface area (TPSA) is 3.24 Å². The van der Waals surface area contributed by atoms with Crippen molar-refractivity contribution in [3.63, 3.8) is 0 Å². The predicted molar refractivity (Wildman–Crippen MR) is 113 cm³/mol. The highest BCUT2D eigenvalue weighted by atomic mass is 79.9. The normalized spacial score (nSPS) is 11.1. The fourth-order valence-corrected chi connectivity index (χ4v) is 3.70. The van der Waals surface area contributed by atoms with Crippen LogP contribution in [0.25, 0.3) is 17.2 Å². The van der Waals surface area contributed by atoms with E-state index in [4.69, 9.17) is 0 Å². The predicted octanol–water partition coefficient (Wildman–Crippen LogP) is 6.58. The second kappa shape index (κ2) is 8.33. The SMILES string of the molecule is CN(C)c1ccc(/C=C/Cc2ccccc2-c2cccc(F)c2)cc1Br.